The average molecular weight is 192 g/mol. The second kappa shape index (κ2) is 4.77. The van der Waals surface area contributed by atoms with Gasteiger partial charge in [-0.3, -0.25) is 4.79 Å². The molecule has 1 atom stereocenters. The molecule has 1 unspecified atom stereocenters. The molecule has 3 nitrogen and oxygen atoms in total. The zero-order valence-electron chi connectivity index (χ0n) is 8.58. The van der Waals surface area contributed by atoms with Gasteiger partial charge in [0.25, 0.3) is 0 Å². The fourth-order valence-electron chi connectivity index (χ4n) is 1.29. The number of rotatable bonds is 3. The van der Waals surface area contributed by atoms with Crippen molar-refractivity contribution in [3.63, 3.8) is 0 Å². The first-order chi connectivity index (χ1) is 6.63. The van der Waals surface area contributed by atoms with Crippen molar-refractivity contribution in [3.05, 3.63) is 29.8 Å². The van der Waals surface area contributed by atoms with Gasteiger partial charge in [-0.1, -0.05) is 19.1 Å². The van der Waals surface area contributed by atoms with E-state index in [2.05, 4.69) is 5.32 Å². The van der Waals surface area contributed by atoms with Gasteiger partial charge in [0.2, 0.25) is 5.91 Å². The Labute approximate surface area is 84.3 Å². The molecule has 0 aliphatic carbocycles. The van der Waals surface area contributed by atoms with Crippen LogP contribution in [0.25, 0.3) is 0 Å². The van der Waals surface area contributed by atoms with E-state index in [0.717, 1.165) is 17.7 Å². The lowest BCUT2D eigenvalue weighted by Gasteiger charge is -2.10. The van der Waals surface area contributed by atoms with Crippen molar-refractivity contribution < 1.29 is 4.79 Å². The molecule has 0 aliphatic heterocycles. The van der Waals surface area contributed by atoms with Crippen LogP contribution in [0.3, 0.4) is 0 Å². The van der Waals surface area contributed by atoms with E-state index < -0.39 is 0 Å². The third kappa shape index (κ3) is 2.85. The minimum absolute atomic E-state index is 0.0451. The average Bonchev–Trinajstić information content (AvgIpc) is 2.16. The molecular formula is C11H16N2O. The number of anilines is 1. The Hall–Kier alpha value is -1.35. The van der Waals surface area contributed by atoms with Crippen LogP contribution in [0, 0.1) is 0 Å². The van der Waals surface area contributed by atoms with Gasteiger partial charge in [-0.25, -0.2) is 0 Å². The lowest BCUT2D eigenvalue weighted by Crippen LogP contribution is -2.10. The summed E-state index contributed by atoms with van der Waals surface area (Å²) in [5.41, 5.74) is 7.74. The van der Waals surface area contributed by atoms with Crippen molar-refractivity contribution in [2.24, 2.45) is 5.73 Å². The number of hydrogen-bond acceptors (Lipinski definition) is 2. The van der Waals surface area contributed by atoms with Gasteiger partial charge in [0.1, 0.15) is 0 Å². The second-order valence-corrected chi connectivity index (χ2v) is 3.32. The zero-order valence-corrected chi connectivity index (χ0v) is 8.58. The lowest BCUT2D eigenvalue weighted by atomic mass is 10.1. The maximum Gasteiger partial charge on any atom is 0.221 e. The highest BCUT2D eigenvalue weighted by Gasteiger charge is 2.03. The quantitative estimate of drug-likeness (QED) is 0.770. The van der Waals surface area contributed by atoms with Crippen LogP contribution in [0.2, 0.25) is 0 Å². The highest BCUT2D eigenvalue weighted by molar-refractivity contribution is 5.88. The Morgan fingerprint density at radius 2 is 2.29 bits per heavy atom. The molecule has 0 fully saturated rings. The van der Waals surface area contributed by atoms with Gasteiger partial charge < -0.3 is 11.1 Å². The summed E-state index contributed by atoms with van der Waals surface area (Å²) in [5, 5.41) is 2.73. The normalized spacial score (nSPS) is 12.2. The minimum atomic E-state index is -0.0628. The van der Waals surface area contributed by atoms with Gasteiger partial charge in [0, 0.05) is 18.7 Å². The molecule has 0 radical (unpaired) electrons. The Kier molecular flexibility index (Phi) is 3.65. The first-order valence-corrected chi connectivity index (χ1v) is 4.76. The Morgan fingerprint density at radius 1 is 1.57 bits per heavy atom. The molecule has 0 spiro atoms. The third-order valence-corrected chi connectivity index (χ3v) is 2.07. The minimum Gasteiger partial charge on any atom is -0.326 e. The Bertz CT molecular complexity index is 323. The highest BCUT2D eigenvalue weighted by Crippen LogP contribution is 2.17. The van der Waals surface area contributed by atoms with Crippen LogP contribution in [0.15, 0.2) is 24.3 Å². The van der Waals surface area contributed by atoms with Gasteiger partial charge in [-0.05, 0) is 24.1 Å². The number of hydrogen-bond donors (Lipinski definition) is 2. The summed E-state index contributed by atoms with van der Waals surface area (Å²) in [5.74, 6) is -0.0628. The van der Waals surface area contributed by atoms with Crippen LogP contribution in [-0.2, 0) is 4.79 Å². The van der Waals surface area contributed by atoms with Crippen molar-refractivity contribution in [2.75, 3.05) is 5.32 Å². The van der Waals surface area contributed by atoms with Crippen molar-refractivity contribution in [1.82, 2.24) is 0 Å². The smallest absolute Gasteiger partial charge is 0.221 e. The summed E-state index contributed by atoms with van der Waals surface area (Å²) in [6.45, 7) is 3.53. The van der Waals surface area contributed by atoms with E-state index in [1.165, 1.54) is 6.92 Å². The van der Waals surface area contributed by atoms with Gasteiger partial charge in [0.15, 0.2) is 0 Å². The molecule has 1 aromatic rings. The van der Waals surface area contributed by atoms with Crippen LogP contribution in [0.5, 0.6) is 0 Å². The van der Waals surface area contributed by atoms with E-state index in [1.807, 2.05) is 31.2 Å². The van der Waals surface area contributed by atoms with E-state index in [9.17, 15) is 4.79 Å². The maximum atomic E-state index is 10.8. The molecule has 1 aromatic carbocycles. The molecule has 1 rings (SSSR count). The van der Waals surface area contributed by atoms with E-state index in [-0.39, 0.29) is 11.9 Å². The number of amides is 1. The number of carbonyl (C=O) groups excluding carboxylic acids is 1. The molecule has 0 aliphatic rings. The molecule has 3 heteroatoms. The maximum absolute atomic E-state index is 10.8. The molecule has 0 aromatic heterocycles. The van der Waals surface area contributed by atoms with Crippen LogP contribution in [0.1, 0.15) is 31.9 Å². The zero-order chi connectivity index (χ0) is 10.6. The fourth-order valence-corrected chi connectivity index (χ4v) is 1.29. The highest BCUT2D eigenvalue weighted by atomic mass is 16.1. The first-order valence-electron chi connectivity index (χ1n) is 4.76. The summed E-state index contributed by atoms with van der Waals surface area (Å²) in [7, 11) is 0. The SMILES string of the molecule is CCC(N)c1cccc(NC(C)=O)c1. The number of carbonyl (C=O) groups is 1. The van der Waals surface area contributed by atoms with Crippen LogP contribution >= 0.6 is 0 Å². The Morgan fingerprint density at radius 3 is 2.86 bits per heavy atom. The monoisotopic (exact) mass is 192 g/mol. The lowest BCUT2D eigenvalue weighted by molar-refractivity contribution is -0.114. The molecule has 0 saturated carbocycles. The molecule has 0 heterocycles. The van der Waals surface area contributed by atoms with Gasteiger partial charge in [-0.2, -0.15) is 0 Å². The number of nitrogens with two attached hydrogens (primary N) is 1. The first kappa shape index (κ1) is 10.7. The van der Waals surface area contributed by atoms with E-state index in [4.69, 9.17) is 5.73 Å². The predicted molar refractivity (Wildman–Crippen MR) is 58.0 cm³/mol. The van der Waals surface area contributed by atoms with Gasteiger partial charge >= 0.3 is 0 Å². The van der Waals surface area contributed by atoms with Crippen LogP contribution < -0.4 is 11.1 Å². The predicted octanol–water partition coefficient (Wildman–Crippen LogP) is 2.05. The topological polar surface area (TPSA) is 55.1 Å². The summed E-state index contributed by atoms with van der Waals surface area (Å²) in [4.78, 5) is 10.8. The fraction of sp³-hybridized carbons (Fsp3) is 0.364. The molecule has 3 N–H and O–H groups in total. The second-order valence-electron chi connectivity index (χ2n) is 3.32. The largest absolute Gasteiger partial charge is 0.326 e. The van der Waals surface area contributed by atoms with Crippen molar-refractivity contribution in [3.8, 4) is 0 Å². The molecule has 76 valence electrons. The molecule has 0 saturated heterocycles. The standard InChI is InChI=1S/C11H16N2O/c1-3-11(12)9-5-4-6-10(7-9)13-8(2)14/h4-7,11H,3,12H2,1-2H3,(H,13,14). The summed E-state index contributed by atoms with van der Waals surface area (Å²) in [6, 6.07) is 7.68. The van der Waals surface area contributed by atoms with Crippen LogP contribution in [0.4, 0.5) is 5.69 Å². The van der Waals surface area contributed by atoms with Crippen molar-refractivity contribution in [1.29, 1.82) is 0 Å². The number of benzene rings is 1. The van der Waals surface area contributed by atoms with Crippen molar-refractivity contribution >= 4 is 11.6 Å². The third-order valence-electron chi connectivity index (χ3n) is 2.07. The van der Waals surface area contributed by atoms with Gasteiger partial charge in [-0.15, -0.1) is 0 Å². The van der Waals surface area contributed by atoms with Crippen LogP contribution in [-0.4, -0.2) is 5.91 Å². The summed E-state index contributed by atoms with van der Waals surface area (Å²) >= 11 is 0. The van der Waals surface area contributed by atoms with E-state index in [1.54, 1.807) is 0 Å². The van der Waals surface area contributed by atoms with Gasteiger partial charge in [0.05, 0.1) is 0 Å². The Balaban J connectivity index is 2.83. The molecular weight excluding hydrogens is 176 g/mol. The number of nitrogens with one attached hydrogen (secondary N) is 1. The summed E-state index contributed by atoms with van der Waals surface area (Å²) < 4.78 is 0. The molecule has 14 heavy (non-hydrogen) atoms. The molecule has 1 amide bonds. The molecule has 0 bridgehead atoms. The summed E-state index contributed by atoms with van der Waals surface area (Å²) in [6.07, 6.45) is 0.892. The van der Waals surface area contributed by atoms with E-state index in [0.29, 0.717) is 0 Å². The van der Waals surface area contributed by atoms with E-state index >= 15 is 0 Å². The van der Waals surface area contributed by atoms with Crippen molar-refractivity contribution in [2.45, 2.75) is 26.3 Å².